The Labute approximate surface area is 401 Å². The van der Waals surface area contributed by atoms with Crippen molar-refractivity contribution in [2.75, 3.05) is 13.7 Å². The number of unbranched alkanes of at least 4 members (excludes halogenated alkanes) is 2. The molecule has 1 heterocycles. The summed E-state index contributed by atoms with van der Waals surface area (Å²) < 4.78 is 32.0. The number of benzene rings is 7. The molecular formula is C61H62O7. The zero-order valence-corrected chi connectivity index (χ0v) is 39.8. The van der Waals surface area contributed by atoms with Gasteiger partial charge in [0.1, 0.15) is 46.0 Å². The number of aryl methyl sites for hydroxylation is 1. The Morgan fingerprint density at radius 3 is 1.91 bits per heavy atom. The molecule has 2 N–H and O–H groups in total. The third-order valence-electron chi connectivity index (χ3n) is 14.7. The number of aliphatic hydroxyl groups is 1. The standard InChI is InChI=1S/C61H62O7/c1-5-6-37-65-45-23-25-49(26-24-45)67-47-19-13-43(14-20-47)61(31-8-7-9-41-10-17-46(18-11-41)66-48-21-15-44(63)16-22-48)32-30-53-57-56(51-29-27-50(64-4)39-54(51)58(53)68-61)52-28-12-42(40-62)38-55(52)60(57)35-33-59(2,3)34-36-60/h10-30,32,38-39,62-63H,5-9,31,33-37,40H2,1-4H3. The van der Waals surface area contributed by atoms with Crippen LogP contribution in [0.25, 0.3) is 28.0 Å². The molecule has 0 aromatic heterocycles. The Morgan fingerprint density at radius 1 is 0.632 bits per heavy atom. The van der Waals surface area contributed by atoms with Crippen molar-refractivity contribution in [1.82, 2.24) is 0 Å². The van der Waals surface area contributed by atoms with Crippen molar-refractivity contribution in [3.63, 3.8) is 0 Å². The molecule has 0 saturated heterocycles. The minimum Gasteiger partial charge on any atom is -0.508 e. The summed E-state index contributed by atoms with van der Waals surface area (Å²) in [5.41, 5.74) is 8.90. The van der Waals surface area contributed by atoms with Gasteiger partial charge in [-0.05, 0) is 205 Å². The Bertz CT molecular complexity index is 2920. The van der Waals surface area contributed by atoms with Crippen LogP contribution >= 0.6 is 0 Å². The number of methoxy groups -OCH3 is 1. The summed E-state index contributed by atoms with van der Waals surface area (Å²) in [6.45, 7) is 7.68. The number of phenolic OH excluding ortho intramolecular Hbond substituents is 1. The summed E-state index contributed by atoms with van der Waals surface area (Å²) in [5.74, 6) is 5.66. The van der Waals surface area contributed by atoms with Crippen LogP contribution in [0.4, 0.5) is 0 Å². The molecule has 1 aliphatic heterocycles. The Morgan fingerprint density at radius 2 is 1.25 bits per heavy atom. The molecule has 2 aliphatic carbocycles. The molecule has 1 spiro atoms. The molecule has 7 nitrogen and oxygen atoms in total. The van der Waals surface area contributed by atoms with E-state index >= 15 is 0 Å². The normalized spacial score (nSPS) is 17.2. The predicted octanol–water partition coefficient (Wildman–Crippen LogP) is 15.4. The summed E-state index contributed by atoms with van der Waals surface area (Å²) in [7, 11) is 1.73. The third-order valence-corrected chi connectivity index (χ3v) is 14.7. The van der Waals surface area contributed by atoms with Gasteiger partial charge in [0.05, 0.1) is 20.3 Å². The van der Waals surface area contributed by atoms with Crippen LogP contribution in [0.2, 0.25) is 0 Å². The van der Waals surface area contributed by atoms with Gasteiger partial charge in [0.25, 0.3) is 0 Å². The van der Waals surface area contributed by atoms with Gasteiger partial charge in [-0.15, -0.1) is 0 Å². The van der Waals surface area contributed by atoms with Crippen LogP contribution in [0.1, 0.15) is 112 Å². The van der Waals surface area contributed by atoms with Gasteiger partial charge in [0, 0.05) is 16.4 Å². The quantitative estimate of drug-likeness (QED) is 0.0934. The molecule has 7 aromatic rings. The molecule has 0 bridgehead atoms. The van der Waals surface area contributed by atoms with Crippen LogP contribution < -0.4 is 23.7 Å². The summed E-state index contributed by atoms with van der Waals surface area (Å²) in [5, 5.41) is 22.3. The first-order valence-electron chi connectivity index (χ1n) is 24.5. The fraction of sp³-hybridized carbons (Fsp3) is 0.311. The van der Waals surface area contributed by atoms with Gasteiger partial charge in [-0.25, -0.2) is 0 Å². The molecule has 3 aliphatic rings. The Balaban J connectivity index is 1.00. The zero-order valence-electron chi connectivity index (χ0n) is 39.8. The second-order valence-corrected chi connectivity index (χ2v) is 19.8. The molecule has 0 radical (unpaired) electrons. The first-order chi connectivity index (χ1) is 33.1. The van der Waals surface area contributed by atoms with E-state index in [1.54, 1.807) is 31.4 Å². The topological polar surface area (TPSA) is 86.6 Å². The molecular weight excluding hydrogens is 845 g/mol. The monoisotopic (exact) mass is 906 g/mol. The van der Waals surface area contributed by atoms with Crippen LogP contribution in [0.15, 0.2) is 140 Å². The first kappa shape index (κ1) is 45.1. The van der Waals surface area contributed by atoms with Gasteiger partial charge in [0.15, 0.2) is 5.60 Å². The predicted molar refractivity (Wildman–Crippen MR) is 272 cm³/mol. The number of fused-ring (bicyclic) bond motifs is 10. The van der Waals surface area contributed by atoms with E-state index in [4.69, 9.17) is 23.7 Å². The van der Waals surface area contributed by atoms with Crippen LogP contribution in [-0.2, 0) is 24.0 Å². The highest BCUT2D eigenvalue weighted by Crippen LogP contribution is 2.64. The number of ether oxygens (including phenoxy) is 5. The second kappa shape index (κ2) is 18.8. The average Bonchev–Trinajstić information content (AvgIpc) is 3.64. The lowest BCUT2D eigenvalue weighted by Crippen LogP contribution is -2.36. The van der Waals surface area contributed by atoms with Crippen LogP contribution in [0, 0.1) is 5.41 Å². The maximum Gasteiger partial charge on any atom is 0.153 e. The van der Waals surface area contributed by atoms with E-state index in [2.05, 4.69) is 106 Å². The van der Waals surface area contributed by atoms with E-state index in [-0.39, 0.29) is 23.2 Å². The van der Waals surface area contributed by atoms with E-state index in [0.29, 0.717) is 12.4 Å². The van der Waals surface area contributed by atoms with E-state index < -0.39 is 5.60 Å². The smallest absolute Gasteiger partial charge is 0.153 e. The minimum atomic E-state index is -0.772. The fourth-order valence-corrected chi connectivity index (χ4v) is 10.8. The number of aromatic hydroxyl groups is 1. The van der Waals surface area contributed by atoms with Gasteiger partial charge in [-0.3, -0.25) is 0 Å². The van der Waals surface area contributed by atoms with Crippen molar-refractivity contribution >= 4 is 16.8 Å². The molecule has 1 atom stereocenters. The first-order valence-corrected chi connectivity index (χ1v) is 24.5. The van der Waals surface area contributed by atoms with Crippen molar-refractivity contribution in [3.8, 4) is 57.1 Å². The SMILES string of the molecule is CCCCOc1ccc(Oc2ccc(C3(CCCCc4ccc(Oc5ccc(O)cc5)cc4)C=Cc4c5c(c6ccc(OC)cc6c4O3)-c3ccc(CO)cc3C53CCC(C)(C)CC3)cc2)cc1. The van der Waals surface area contributed by atoms with E-state index in [1.165, 1.54) is 27.8 Å². The molecule has 1 fully saturated rings. The van der Waals surface area contributed by atoms with Gasteiger partial charge >= 0.3 is 0 Å². The number of aliphatic hydroxyl groups excluding tert-OH is 1. The van der Waals surface area contributed by atoms with Crippen LogP contribution in [-0.4, -0.2) is 23.9 Å². The summed E-state index contributed by atoms with van der Waals surface area (Å²) in [4.78, 5) is 0. The van der Waals surface area contributed by atoms with Crippen LogP contribution in [0.5, 0.6) is 46.0 Å². The number of rotatable bonds is 16. The zero-order chi connectivity index (χ0) is 46.9. The van der Waals surface area contributed by atoms with Crippen molar-refractivity contribution in [1.29, 1.82) is 0 Å². The molecule has 10 rings (SSSR count). The van der Waals surface area contributed by atoms with Gasteiger partial charge in [0.2, 0.25) is 0 Å². The maximum absolute atomic E-state index is 10.4. The van der Waals surface area contributed by atoms with Crippen molar-refractivity contribution in [2.45, 2.75) is 103 Å². The maximum atomic E-state index is 10.4. The van der Waals surface area contributed by atoms with Gasteiger partial charge in [-0.2, -0.15) is 0 Å². The lowest BCUT2D eigenvalue weighted by Gasteiger charge is -2.44. The fourth-order valence-electron chi connectivity index (χ4n) is 10.8. The number of phenols is 1. The summed E-state index contributed by atoms with van der Waals surface area (Å²) >= 11 is 0. The highest BCUT2D eigenvalue weighted by molar-refractivity contribution is 6.09. The Kier molecular flexibility index (Phi) is 12.4. The summed E-state index contributed by atoms with van der Waals surface area (Å²) in [6.07, 6.45) is 14.6. The van der Waals surface area contributed by atoms with E-state index in [1.807, 2.05) is 36.4 Å². The molecule has 7 aromatic carbocycles. The second-order valence-electron chi connectivity index (χ2n) is 19.8. The average molecular weight is 907 g/mol. The van der Waals surface area contributed by atoms with E-state index in [0.717, 1.165) is 126 Å². The lowest BCUT2D eigenvalue weighted by atomic mass is 9.60. The highest BCUT2D eigenvalue weighted by atomic mass is 16.5. The molecule has 1 saturated carbocycles. The molecule has 7 heteroatoms. The largest absolute Gasteiger partial charge is 0.508 e. The third kappa shape index (κ3) is 8.80. The molecule has 0 amide bonds. The summed E-state index contributed by atoms with van der Waals surface area (Å²) in [6, 6.07) is 44.4. The van der Waals surface area contributed by atoms with Crippen molar-refractivity contribution < 1.29 is 33.9 Å². The Hall–Kier alpha value is -6.70. The van der Waals surface area contributed by atoms with Gasteiger partial charge < -0.3 is 33.9 Å². The highest BCUT2D eigenvalue weighted by Gasteiger charge is 2.50. The lowest BCUT2D eigenvalue weighted by molar-refractivity contribution is 0.104. The molecule has 1 unspecified atom stereocenters. The van der Waals surface area contributed by atoms with E-state index in [9.17, 15) is 10.2 Å². The minimum absolute atomic E-state index is 0.0116. The molecule has 68 heavy (non-hydrogen) atoms. The van der Waals surface area contributed by atoms with Crippen LogP contribution in [0.3, 0.4) is 0 Å². The molecule has 348 valence electrons. The number of hydrogen-bond acceptors (Lipinski definition) is 7. The van der Waals surface area contributed by atoms with Gasteiger partial charge in [-0.1, -0.05) is 75.7 Å². The number of hydrogen-bond donors (Lipinski definition) is 2. The van der Waals surface area contributed by atoms with Crippen molar-refractivity contribution in [3.05, 3.63) is 173 Å². The van der Waals surface area contributed by atoms with Crippen molar-refractivity contribution in [2.24, 2.45) is 5.41 Å².